The number of benzene rings is 11. The summed E-state index contributed by atoms with van der Waals surface area (Å²) in [7, 11) is 3.56. The first-order valence-corrected chi connectivity index (χ1v) is 53.9. The van der Waals surface area contributed by atoms with Gasteiger partial charge in [0.1, 0.15) is 59.2 Å². The number of nitrogens with zero attached hydrogens (tertiary/aromatic N) is 1. The lowest BCUT2D eigenvalue weighted by Crippen LogP contribution is -2.21. The van der Waals surface area contributed by atoms with E-state index in [0.717, 1.165) is 204 Å². The zero-order valence-electron chi connectivity index (χ0n) is 89.5. The van der Waals surface area contributed by atoms with Crippen molar-refractivity contribution in [3.63, 3.8) is 0 Å². The SMILES string of the molecule is CCCC(O)c1cccc(OCCCCCOCc2ccccc2)c1.CCCC(O)c1cccc(OCCCOCc2ccccc2)c1.CCCC(O)c1cccc(OCCOCc2ccccc2)c1.CCCCc1cccc(OCCCC(=O)CC)c1.CCCCc1cccc(OCCCC(=O)N(C)C)c1.CCCCc1cccc(OCCCCCOCc2ccccc2)c1.CCCCc1cccc(OCCO)c1. The quantitative estimate of drug-likeness (QED) is 0.0260. The summed E-state index contributed by atoms with van der Waals surface area (Å²) >= 11 is 0. The maximum Gasteiger partial charge on any atom is 0.222 e. The van der Waals surface area contributed by atoms with Gasteiger partial charge in [-0.05, 0) is 268 Å². The molecular formula is C127H177NO17. The van der Waals surface area contributed by atoms with E-state index in [1.54, 1.807) is 19.0 Å². The Balaban J connectivity index is 0.000000300. The maximum absolute atomic E-state index is 11.4. The Labute approximate surface area is 872 Å². The predicted molar refractivity (Wildman–Crippen MR) is 594 cm³/mol. The summed E-state index contributed by atoms with van der Waals surface area (Å²) in [6.07, 6.45) is 28.9. The van der Waals surface area contributed by atoms with Gasteiger partial charge in [0.15, 0.2) is 0 Å². The summed E-state index contributed by atoms with van der Waals surface area (Å²) in [6, 6.07) is 97.1. The summed E-state index contributed by atoms with van der Waals surface area (Å²) in [5.41, 5.74) is 12.9. The number of hydrogen-bond acceptors (Lipinski definition) is 17. The maximum atomic E-state index is 11.4. The Morgan fingerprint density at radius 2 is 0.503 bits per heavy atom. The Hall–Kier alpha value is -11.2. The van der Waals surface area contributed by atoms with Crippen LogP contribution in [-0.2, 0) is 80.6 Å². The van der Waals surface area contributed by atoms with Crippen molar-refractivity contribution in [3.8, 4) is 40.2 Å². The number of rotatable bonds is 66. The molecule has 3 unspecified atom stereocenters. The molecule has 4 N–H and O–H groups in total. The molecule has 0 saturated heterocycles. The van der Waals surface area contributed by atoms with Gasteiger partial charge in [0.2, 0.25) is 5.91 Å². The van der Waals surface area contributed by atoms with Gasteiger partial charge >= 0.3 is 0 Å². The third-order valence-corrected chi connectivity index (χ3v) is 23.3. The molecule has 0 heterocycles. The Kier molecular flexibility index (Phi) is 72.0. The van der Waals surface area contributed by atoms with Gasteiger partial charge in [0.25, 0.3) is 0 Å². The van der Waals surface area contributed by atoms with Crippen LogP contribution < -0.4 is 33.2 Å². The van der Waals surface area contributed by atoms with E-state index in [-0.39, 0.29) is 12.5 Å². The molecule has 792 valence electrons. The number of carbonyl (C=O) groups excluding carboxylic acids is 2. The zero-order valence-corrected chi connectivity index (χ0v) is 89.5. The van der Waals surface area contributed by atoms with Gasteiger partial charge in [-0.1, -0.05) is 307 Å². The summed E-state index contributed by atoms with van der Waals surface area (Å²) in [5, 5.41) is 38.7. The fraction of sp³-hybridized carbons (Fsp3) is 0.465. The van der Waals surface area contributed by atoms with E-state index >= 15 is 0 Å². The first kappa shape index (κ1) is 124. The number of amides is 1. The molecule has 0 radical (unpaired) electrons. The van der Waals surface area contributed by atoms with Crippen molar-refractivity contribution in [2.75, 3.05) is 93.4 Å². The first-order valence-electron chi connectivity index (χ1n) is 53.9. The van der Waals surface area contributed by atoms with Gasteiger partial charge < -0.3 is 77.4 Å². The van der Waals surface area contributed by atoms with Gasteiger partial charge in [0.05, 0.1) is 97.6 Å². The number of unbranched alkanes of at least 4 members (excludes halogenated alkanes) is 8. The second-order valence-electron chi connectivity index (χ2n) is 36.3. The second kappa shape index (κ2) is 84.0. The molecule has 1 amide bonds. The van der Waals surface area contributed by atoms with Crippen molar-refractivity contribution < 1.29 is 82.1 Å². The van der Waals surface area contributed by atoms with Gasteiger partial charge in [-0.25, -0.2) is 0 Å². The molecule has 11 aromatic rings. The highest BCUT2D eigenvalue weighted by atomic mass is 16.5. The largest absolute Gasteiger partial charge is 0.494 e. The van der Waals surface area contributed by atoms with Crippen molar-refractivity contribution in [2.45, 2.75) is 293 Å². The van der Waals surface area contributed by atoms with Crippen LogP contribution in [0.3, 0.4) is 0 Å². The van der Waals surface area contributed by atoms with Gasteiger partial charge in [0, 0.05) is 53.0 Å². The van der Waals surface area contributed by atoms with Gasteiger partial charge in [-0.3, -0.25) is 9.59 Å². The van der Waals surface area contributed by atoms with Gasteiger partial charge in [-0.15, -0.1) is 0 Å². The normalized spacial score (nSPS) is 11.2. The third-order valence-electron chi connectivity index (χ3n) is 23.3. The van der Waals surface area contributed by atoms with Crippen LogP contribution in [0.4, 0.5) is 0 Å². The van der Waals surface area contributed by atoms with E-state index in [9.17, 15) is 24.9 Å². The highest BCUT2D eigenvalue weighted by Crippen LogP contribution is 2.28. The van der Waals surface area contributed by atoms with Crippen molar-refractivity contribution in [2.24, 2.45) is 0 Å². The fourth-order valence-electron chi connectivity index (χ4n) is 14.9. The van der Waals surface area contributed by atoms with Crippen LogP contribution >= 0.6 is 0 Å². The van der Waals surface area contributed by atoms with Crippen molar-refractivity contribution >= 4 is 11.7 Å². The van der Waals surface area contributed by atoms with E-state index in [0.29, 0.717) is 104 Å². The van der Waals surface area contributed by atoms with Crippen molar-refractivity contribution in [1.82, 2.24) is 4.90 Å². The van der Waals surface area contributed by atoms with Crippen LogP contribution in [0.2, 0.25) is 0 Å². The average molecular weight is 1990 g/mol. The molecule has 18 heteroatoms. The molecule has 0 spiro atoms. The zero-order chi connectivity index (χ0) is 104. The number of ketones is 1. The minimum absolute atomic E-state index is 0.0686. The first-order chi connectivity index (χ1) is 71.0. The number of aryl methyl sites for hydroxylation is 4. The molecule has 0 saturated carbocycles. The van der Waals surface area contributed by atoms with Gasteiger partial charge in [-0.2, -0.15) is 0 Å². The lowest BCUT2D eigenvalue weighted by Gasteiger charge is -2.12. The second-order valence-corrected chi connectivity index (χ2v) is 36.3. The van der Waals surface area contributed by atoms with Crippen LogP contribution in [0.15, 0.2) is 291 Å². The van der Waals surface area contributed by atoms with Crippen LogP contribution in [0, 0.1) is 0 Å². The third kappa shape index (κ3) is 62.4. The minimum atomic E-state index is -0.414. The van der Waals surface area contributed by atoms with Crippen molar-refractivity contribution in [1.29, 1.82) is 0 Å². The van der Waals surface area contributed by atoms with E-state index in [1.807, 2.05) is 207 Å². The standard InChI is InChI=1S/C22H30O3.C22H30O2.C20H26O3.C19H24O3.C16H25NO2.C16H24O2.C12H18O2/c1-2-10-22(23)20-13-9-14-21(17-20)25-16-8-4-7-15-24-18-19-11-5-3-6-12-19;1-2-3-11-20-14-10-15-22(18-20)24-17-9-5-8-16-23-19-21-12-6-4-7-13-21;1-2-8-20(21)18-11-6-12-19(15-18)23-14-7-13-22-16-17-9-4-3-5-10-17;1-2-7-19(20)17-10-6-11-18(14-17)22-13-12-21-15-16-8-4-3-5-9-16;1-4-5-8-14-9-6-10-15(13-14)19-12-7-11-16(18)17(2)3;1-3-5-8-14-9-6-11-16(13-14)18-12-7-10-15(17)4-2;1-2-3-5-11-6-4-7-12(10-11)14-9-8-13/h3,5-6,9,11-14,17,22-23H,2,4,7-8,10,15-16,18H2,1H3;4,6-7,10,12-15,18H,2-3,5,8-9,11,16-17,19H2,1H3;3-6,9-12,15,20-21H,2,7-8,13-14,16H2,1H3;3-6,8-11,14,19-20H,2,7,12-13,15H2,1H3;6,9-10,13H,4-5,7-8,11-12H2,1-3H3;6,9,11,13H,3-5,7-8,10,12H2,1-2H3;4,6-7,10,13H,2-3,5,8-9H2,1H3. The number of aliphatic hydroxyl groups is 4. The smallest absolute Gasteiger partial charge is 0.222 e. The van der Waals surface area contributed by atoms with Crippen LogP contribution in [0.5, 0.6) is 40.2 Å². The highest BCUT2D eigenvalue weighted by molar-refractivity contribution is 5.78. The molecular weight excluding hydrogens is 1810 g/mol. The monoisotopic (exact) mass is 1990 g/mol. The topological polar surface area (TPSA) is 220 Å². The number of ether oxygens (including phenoxy) is 11. The Bertz CT molecular complexity index is 4920. The summed E-state index contributed by atoms with van der Waals surface area (Å²) in [4.78, 5) is 24.2. The molecule has 11 aromatic carbocycles. The number of hydrogen-bond donors (Lipinski definition) is 4. The van der Waals surface area contributed by atoms with E-state index < -0.39 is 18.3 Å². The Morgan fingerprint density at radius 1 is 0.248 bits per heavy atom. The van der Waals surface area contributed by atoms with E-state index in [4.69, 9.17) is 57.2 Å². The van der Waals surface area contributed by atoms with E-state index in [2.05, 4.69) is 139 Å². The van der Waals surface area contributed by atoms with Crippen LogP contribution in [0.1, 0.15) is 302 Å². The lowest BCUT2D eigenvalue weighted by atomic mass is 10.1. The molecule has 0 aliphatic rings. The highest BCUT2D eigenvalue weighted by Gasteiger charge is 2.13. The van der Waals surface area contributed by atoms with Crippen LogP contribution in [0.25, 0.3) is 0 Å². The summed E-state index contributed by atoms with van der Waals surface area (Å²) in [5.74, 6) is 6.58. The molecule has 3 atom stereocenters. The molecule has 0 aliphatic heterocycles. The van der Waals surface area contributed by atoms with Crippen molar-refractivity contribution in [3.05, 3.63) is 352 Å². The molecule has 11 rings (SSSR count). The molecule has 0 bridgehead atoms. The molecule has 145 heavy (non-hydrogen) atoms. The average Bonchev–Trinajstić information content (AvgIpc) is 0.884. The lowest BCUT2D eigenvalue weighted by molar-refractivity contribution is -0.128. The number of aliphatic hydroxyl groups excluding tert-OH is 4. The summed E-state index contributed by atoms with van der Waals surface area (Å²) in [6.45, 7) is 26.6. The molecule has 18 nitrogen and oxygen atoms in total. The molecule has 0 aliphatic carbocycles. The fourth-order valence-corrected chi connectivity index (χ4v) is 14.9. The van der Waals surface area contributed by atoms with Crippen LogP contribution in [-0.4, -0.2) is 130 Å². The van der Waals surface area contributed by atoms with E-state index in [1.165, 1.54) is 90.3 Å². The molecule has 0 aromatic heterocycles. The number of Topliss-reactive ketones (excluding diaryl/α,β-unsaturated/α-hetero) is 1. The summed E-state index contributed by atoms with van der Waals surface area (Å²) < 4.78 is 62.3. The Morgan fingerprint density at radius 3 is 0.800 bits per heavy atom. The predicted octanol–water partition coefficient (Wildman–Crippen LogP) is 29.5. The minimum Gasteiger partial charge on any atom is -0.494 e. The molecule has 0 fully saturated rings. The number of carbonyl (C=O) groups is 2.